The highest BCUT2D eigenvalue weighted by Gasteiger charge is 2.14. The first kappa shape index (κ1) is 13.1. The van der Waals surface area contributed by atoms with Crippen LogP contribution in [0.5, 0.6) is 11.5 Å². The second kappa shape index (κ2) is 6.02. The number of nitrogens with two attached hydrogens (primary N) is 1. The van der Waals surface area contributed by atoms with E-state index in [2.05, 4.69) is 30.0 Å². The number of ether oxygens (including phenoxy) is 1. The van der Waals surface area contributed by atoms with Crippen molar-refractivity contribution < 1.29 is 14.6 Å². The summed E-state index contributed by atoms with van der Waals surface area (Å²) in [6.45, 7) is -0.278. The van der Waals surface area contributed by atoms with Crippen molar-refractivity contribution in [2.45, 2.75) is 6.42 Å². The molecule has 4 nitrogen and oxygen atoms in total. The van der Waals surface area contributed by atoms with Gasteiger partial charge < -0.3 is 15.6 Å². The van der Waals surface area contributed by atoms with Crippen molar-refractivity contribution in [1.29, 1.82) is 0 Å². The summed E-state index contributed by atoms with van der Waals surface area (Å²) in [7, 11) is 0. The zero-order valence-corrected chi connectivity index (χ0v) is 10.4. The van der Waals surface area contributed by atoms with Crippen LogP contribution in [-0.2, 0) is 11.2 Å². The summed E-state index contributed by atoms with van der Waals surface area (Å²) in [4.78, 5) is 9.24. The Labute approximate surface area is 111 Å². The second-order valence-electron chi connectivity index (χ2n) is 4.09. The fraction of sp³-hybridized carbons (Fsp3) is 0.133. The Bertz CT molecular complexity index is 494. The van der Waals surface area contributed by atoms with Gasteiger partial charge in [0.05, 0.1) is 6.54 Å². The first-order valence-corrected chi connectivity index (χ1v) is 5.96. The molecule has 0 spiro atoms. The van der Waals surface area contributed by atoms with E-state index in [-0.39, 0.29) is 6.54 Å². The molecule has 0 aliphatic carbocycles. The van der Waals surface area contributed by atoms with Crippen molar-refractivity contribution in [1.82, 2.24) is 0 Å². The van der Waals surface area contributed by atoms with Gasteiger partial charge in [-0.15, -0.1) is 0 Å². The number of benzene rings is 2. The van der Waals surface area contributed by atoms with Gasteiger partial charge >= 0.3 is 5.97 Å². The molecule has 3 N–H and O–H groups in total. The van der Waals surface area contributed by atoms with Gasteiger partial charge in [-0.1, -0.05) is 36.4 Å². The van der Waals surface area contributed by atoms with Crippen LogP contribution < -0.4 is 10.5 Å². The van der Waals surface area contributed by atoms with E-state index in [9.17, 15) is 4.79 Å². The van der Waals surface area contributed by atoms with E-state index in [0.29, 0.717) is 0 Å². The molecule has 0 saturated carbocycles. The Hall–Kier alpha value is -2.33. The molecule has 1 aliphatic rings. The molecule has 0 saturated heterocycles. The highest BCUT2D eigenvalue weighted by molar-refractivity contribution is 5.68. The average Bonchev–Trinajstić information content (AvgIpc) is 2.45. The molecule has 0 aromatic heterocycles. The number of rotatable bonds is 1. The van der Waals surface area contributed by atoms with E-state index in [1.165, 1.54) is 11.1 Å². The van der Waals surface area contributed by atoms with Crippen LogP contribution in [0.25, 0.3) is 0 Å². The number of aliphatic carboxylic acids is 1. The molecule has 0 unspecified atom stereocenters. The van der Waals surface area contributed by atoms with Crippen molar-refractivity contribution in [2.24, 2.45) is 5.73 Å². The number of hydrogen-bond donors (Lipinski definition) is 2. The quantitative estimate of drug-likeness (QED) is 0.702. The third-order valence-corrected chi connectivity index (χ3v) is 2.72. The van der Waals surface area contributed by atoms with Gasteiger partial charge in [-0.25, -0.2) is 0 Å². The predicted molar refractivity (Wildman–Crippen MR) is 72.5 cm³/mol. The summed E-state index contributed by atoms with van der Waals surface area (Å²) in [5.74, 6) is 1.02. The van der Waals surface area contributed by atoms with Crippen LogP contribution in [-0.4, -0.2) is 17.6 Å². The Kier molecular flexibility index (Phi) is 4.15. The summed E-state index contributed by atoms with van der Waals surface area (Å²) in [5.41, 5.74) is 7.11. The van der Waals surface area contributed by atoms with Crippen LogP contribution in [0.1, 0.15) is 11.1 Å². The molecule has 2 aromatic rings. The van der Waals surface area contributed by atoms with Gasteiger partial charge in [0, 0.05) is 6.42 Å². The topological polar surface area (TPSA) is 72.6 Å². The number of hydrogen-bond acceptors (Lipinski definition) is 3. The molecule has 19 heavy (non-hydrogen) atoms. The zero-order chi connectivity index (χ0) is 13.7. The van der Waals surface area contributed by atoms with Crippen molar-refractivity contribution in [3.05, 3.63) is 59.7 Å². The molecule has 0 radical (unpaired) electrons. The number of carboxylic acids is 1. The number of carboxylic acid groups (broad SMARTS) is 1. The summed E-state index contributed by atoms with van der Waals surface area (Å²) < 4.78 is 5.78. The molecular formula is C15H15NO3. The van der Waals surface area contributed by atoms with E-state index in [0.717, 1.165) is 17.9 Å². The monoisotopic (exact) mass is 257 g/mol. The summed E-state index contributed by atoms with van der Waals surface area (Å²) in [6.07, 6.45) is 0.979. The number of carbonyl (C=O) groups is 1. The lowest BCUT2D eigenvalue weighted by molar-refractivity contribution is -0.135. The molecule has 2 aromatic carbocycles. The molecule has 1 heterocycles. The maximum absolute atomic E-state index is 9.24. The highest BCUT2D eigenvalue weighted by atomic mass is 16.5. The average molecular weight is 257 g/mol. The van der Waals surface area contributed by atoms with Crippen molar-refractivity contribution in [3.8, 4) is 11.5 Å². The summed E-state index contributed by atoms with van der Waals surface area (Å²) >= 11 is 0. The van der Waals surface area contributed by atoms with Gasteiger partial charge in [0.2, 0.25) is 0 Å². The van der Waals surface area contributed by atoms with E-state index in [4.69, 9.17) is 9.84 Å². The van der Waals surface area contributed by atoms with Crippen LogP contribution >= 0.6 is 0 Å². The molecule has 3 rings (SSSR count). The van der Waals surface area contributed by atoms with Crippen molar-refractivity contribution in [2.75, 3.05) is 6.54 Å². The largest absolute Gasteiger partial charge is 0.480 e. The number of fused-ring (bicyclic) bond motifs is 2. The standard InChI is InChI=1S/C13H10O.C2H5NO2/c1-3-7-12-10(5-1)9-11-6-2-4-8-13(11)14-12;3-1-2(4)5/h1-8H,9H2;1,3H2,(H,4,5). The SMILES string of the molecule is NCC(=O)O.c1ccc2c(c1)Cc1ccccc1O2. The second-order valence-corrected chi connectivity index (χ2v) is 4.09. The van der Waals surface area contributed by atoms with E-state index in [1.807, 2.05) is 24.3 Å². The van der Waals surface area contributed by atoms with Crippen LogP contribution in [0, 0.1) is 0 Å². The Morgan fingerprint density at radius 2 is 1.47 bits per heavy atom. The molecule has 0 bridgehead atoms. The van der Waals surface area contributed by atoms with Crippen LogP contribution in [0.3, 0.4) is 0 Å². The molecule has 0 amide bonds. The van der Waals surface area contributed by atoms with Crippen LogP contribution in [0.2, 0.25) is 0 Å². The maximum atomic E-state index is 9.24. The fourth-order valence-corrected chi connectivity index (χ4v) is 1.82. The van der Waals surface area contributed by atoms with Gasteiger partial charge in [-0.05, 0) is 23.3 Å². The van der Waals surface area contributed by atoms with Crippen LogP contribution in [0.15, 0.2) is 48.5 Å². The van der Waals surface area contributed by atoms with Gasteiger partial charge in [-0.3, -0.25) is 4.79 Å². The summed E-state index contributed by atoms with van der Waals surface area (Å²) in [5, 5.41) is 7.60. The van der Waals surface area contributed by atoms with Gasteiger partial charge in [0.15, 0.2) is 0 Å². The minimum atomic E-state index is -0.968. The molecule has 1 aliphatic heterocycles. The Morgan fingerprint density at radius 3 is 1.89 bits per heavy atom. The first-order valence-electron chi connectivity index (χ1n) is 5.96. The number of para-hydroxylation sites is 2. The maximum Gasteiger partial charge on any atom is 0.317 e. The molecule has 0 atom stereocenters. The van der Waals surface area contributed by atoms with Crippen LogP contribution in [0.4, 0.5) is 0 Å². The zero-order valence-electron chi connectivity index (χ0n) is 10.4. The lowest BCUT2D eigenvalue weighted by Gasteiger charge is -2.19. The Morgan fingerprint density at radius 1 is 1.05 bits per heavy atom. The van der Waals surface area contributed by atoms with Gasteiger partial charge in [0.1, 0.15) is 11.5 Å². The molecule has 4 heteroatoms. The van der Waals surface area contributed by atoms with Gasteiger partial charge in [-0.2, -0.15) is 0 Å². The van der Waals surface area contributed by atoms with Gasteiger partial charge in [0.25, 0.3) is 0 Å². The molecule has 0 fully saturated rings. The fourth-order valence-electron chi connectivity index (χ4n) is 1.82. The highest BCUT2D eigenvalue weighted by Crippen LogP contribution is 2.35. The lowest BCUT2D eigenvalue weighted by Crippen LogP contribution is -2.10. The van der Waals surface area contributed by atoms with E-state index < -0.39 is 5.97 Å². The Balaban J connectivity index is 0.000000232. The smallest absolute Gasteiger partial charge is 0.317 e. The third-order valence-electron chi connectivity index (χ3n) is 2.72. The van der Waals surface area contributed by atoms with Crippen molar-refractivity contribution >= 4 is 5.97 Å². The molecule has 98 valence electrons. The first-order chi connectivity index (χ1) is 9.20. The minimum Gasteiger partial charge on any atom is -0.480 e. The third kappa shape index (κ3) is 3.33. The normalized spacial score (nSPS) is 11.2. The predicted octanol–water partition coefficient (Wildman–Crippen LogP) is 2.41. The van der Waals surface area contributed by atoms with E-state index >= 15 is 0 Å². The molecular weight excluding hydrogens is 242 g/mol. The van der Waals surface area contributed by atoms with Crippen molar-refractivity contribution in [3.63, 3.8) is 0 Å². The van der Waals surface area contributed by atoms with E-state index in [1.54, 1.807) is 0 Å². The minimum absolute atomic E-state index is 0.278. The lowest BCUT2D eigenvalue weighted by atomic mass is 10.0. The summed E-state index contributed by atoms with van der Waals surface area (Å²) in [6, 6.07) is 16.4.